The molecule has 2 nitrogen and oxygen atoms in total. The number of terminal acetylenes is 1. The molecule has 0 saturated heterocycles. The summed E-state index contributed by atoms with van der Waals surface area (Å²) in [5.74, 6) is 1.83. The van der Waals surface area contributed by atoms with Gasteiger partial charge in [0.15, 0.2) is 11.6 Å². The van der Waals surface area contributed by atoms with Crippen LogP contribution < -0.4 is 4.74 Å². The molecule has 1 atom stereocenters. The Morgan fingerprint density at radius 2 is 2.36 bits per heavy atom. The molecule has 1 rings (SSSR count). The highest BCUT2D eigenvalue weighted by Crippen LogP contribution is 2.21. The molecule has 1 aromatic rings. The number of halogens is 1. The summed E-state index contributed by atoms with van der Waals surface area (Å²) in [6.07, 6.45) is 4.28. The molecule has 74 valence electrons. The molecule has 0 fully saturated rings. The molecule has 0 aromatic heterocycles. The van der Waals surface area contributed by atoms with Gasteiger partial charge in [0.1, 0.15) is 6.61 Å². The summed E-state index contributed by atoms with van der Waals surface area (Å²) in [4.78, 5) is 0. The van der Waals surface area contributed by atoms with E-state index in [1.807, 2.05) is 0 Å². The third-order valence-electron chi connectivity index (χ3n) is 1.75. The number of rotatable bonds is 3. The van der Waals surface area contributed by atoms with Gasteiger partial charge in [-0.1, -0.05) is 12.0 Å². The molecule has 0 spiro atoms. The zero-order chi connectivity index (χ0) is 10.6. The first-order valence-corrected chi connectivity index (χ1v) is 4.19. The van der Waals surface area contributed by atoms with Gasteiger partial charge >= 0.3 is 0 Å². The van der Waals surface area contributed by atoms with Gasteiger partial charge in [0, 0.05) is 0 Å². The van der Waals surface area contributed by atoms with Crippen molar-refractivity contribution in [2.75, 3.05) is 6.61 Å². The lowest BCUT2D eigenvalue weighted by Gasteiger charge is -2.07. The second kappa shape index (κ2) is 4.64. The van der Waals surface area contributed by atoms with Crippen LogP contribution in [-0.4, -0.2) is 11.7 Å². The van der Waals surface area contributed by atoms with Crippen molar-refractivity contribution in [2.45, 2.75) is 13.0 Å². The zero-order valence-corrected chi connectivity index (χ0v) is 7.83. The highest BCUT2D eigenvalue weighted by atomic mass is 19.1. The quantitative estimate of drug-likeness (QED) is 0.744. The van der Waals surface area contributed by atoms with E-state index in [1.165, 1.54) is 12.1 Å². The van der Waals surface area contributed by atoms with Crippen LogP contribution in [0.3, 0.4) is 0 Å². The number of hydrogen-bond donors (Lipinski definition) is 1. The molecule has 3 heteroatoms. The van der Waals surface area contributed by atoms with Gasteiger partial charge in [-0.2, -0.15) is 0 Å². The van der Waals surface area contributed by atoms with Gasteiger partial charge in [-0.25, -0.2) is 4.39 Å². The van der Waals surface area contributed by atoms with Gasteiger partial charge in [-0.05, 0) is 24.6 Å². The molecule has 1 N–H and O–H groups in total. The number of hydrogen-bond acceptors (Lipinski definition) is 2. The summed E-state index contributed by atoms with van der Waals surface area (Å²) in [5, 5.41) is 9.18. The van der Waals surface area contributed by atoms with Gasteiger partial charge in [0.2, 0.25) is 0 Å². The van der Waals surface area contributed by atoms with Gasteiger partial charge in [0.05, 0.1) is 6.10 Å². The van der Waals surface area contributed by atoms with Gasteiger partial charge in [-0.15, -0.1) is 6.42 Å². The maximum atomic E-state index is 13.2. The highest BCUT2D eigenvalue weighted by molar-refractivity contribution is 5.30. The van der Waals surface area contributed by atoms with E-state index in [1.54, 1.807) is 13.0 Å². The molecule has 1 unspecified atom stereocenters. The lowest BCUT2D eigenvalue weighted by Crippen LogP contribution is -1.98. The molecule has 0 saturated carbocycles. The van der Waals surface area contributed by atoms with E-state index in [-0.39, 0.29) is 12.4 Å². The predicted octanol–water partition coefficient (Wildman–Crippen LogP) is 1.89. The first-order chi connectivity index (χ1) is 6.65. The summed E-state index contributed by atoms with van der Waals surface area (Å²) in [7, 11) is 0. The molecule has 0 heterocycles. The SMILES string of the molecule is C#CCOc1ccc(C(C)O)cc1F. The van der Waals surface area contributed by atoms with Gasteiger partial charge < -0.3 is 9.84 Å². The Balaban J connectivity index is 2.85. The van der Waals surface area contributed by atoms with Crippen LogP contribution in [0, 0.1) is 18.2 Å². The highest BCUT2D eigenvalue weighted by Gasteiger charge is 2.07. The first-order valence-electron chi connectivity index (χ1n) is 4.19. The fourth-order valence-corrected chi connectivity index (χ4v) is 1.01. The molecule has 0 bridgehead atoms. The van der Waals surface area contributed by atoms with E-state index >= 15 is 0 Å². The van der Waals surface area contributed by atoms with Crippen molar-refractivity contribution in [1.82, 2.24) is 0 Å². The second-order valence-electron chi connectivity index (χ2n) is 2.86. The summed E-state index contributed by atoms with van der Waals surface area (Å²) in [6.45, 7) is 1.60. The molecule has 0 amide bonds. The largest absolute Gasteiger partial charge is 0.478 e. The Bertz CT molecular complexity index is 353. The number of benzene rings is 1. The maximum absolute atomic E-state index is 13.2. The standard InChI is InChI=1S/C11H11FO2/c1-3-6-14-11-5-4-9(8(2)13)7-10(11)12/h1,4-5,7-8,13H,6H2,2H3. The summed E-state index contributed by atoms with van der Waals surface area (Å²) in [5.41, 5.74) is 0.510. The predicted molar refractivity (Wildman–Crippen MR) is 51.4 cm³/mol. The number of aliphatic hydroxyl groups is 1. The van der Waals surface area contributed by atoms with E-state index in [0.717, 1.165) is 0 Å². The number of aliphatic hydroxyl groups excluding tert-OH is 1. The van der Waals surface area contributed by atoms with Crippen molar-refractivity contribution in [2.24, 2.45) is 0 Å². The van der Waals surface area contributed by atoms with Crippen LogP contribution >= 0.6 is 0 Å². The Kier molecular flexibility index (Phi) is 3.49. The molecule has 1 aromatic carbocycles. The van der Waals surface area contributed by atoms with E-state index in [4.69, 9.17) is 11.2 Å². The average Bonchev–Trinajstić information content (AvgIpc) is 2.15. The van der Waals surface area contributed by atoms with Crippen LogP contribution in [0.1, 0.15) is 18.6 Å². The minimum atomic E-state index is -0.689. The monoisotopic (exact) mass is 194 g/mol. The van der Waals surface area contributed by atoms with Crippen LogP contribution in [0.4, 0.5) is 4.39 Å². The van der Waals surface area contributed by atoms with Crippen molar-refractivity contribution in [3.8, 4) is 18.1 Å². The first kappa shape index (κ1) is 10.6. The zero-order valence-electron chi connectivity index (χ0n) is 7.83. The molecule has 14 heavy (non-hydrogen) atoms. The fourth-order valence-electron chi connectivity index (χ4n) is 1.01. The molecule has 0 radical (unpaired) electrons. The maximum Gasteiger partial charge on any atom is 0.165 e. The van der Waals surface area contributed by atoms with E-state index in [0.29, 0.717) is 5.56 Å². The van der Waals surface area contributed by atoms with Crippen molar-refractivity contribution in [3.63, 3.8) is 0 Å². The third-order valence-corrected chi connectivity index (χ3v) is 1.75. The normalized spacial score (nSPS) is 11.9. The van der Waals surface area contributed by atoms with Crippen LogP contribution in [0.2, 0.25) is 0 Å². The van der Waals surface area contributed by atoms with Crippen LogP contribution in [0.15, 0.2) is 18.2 Å². The van der Waals surface area contributed by atoms with Crippen molar-refractivity contribution >= 4 is 0 Å². The topological polar surface area (TPSA) is 29.5 Å². The molecule has 0 aliphatic heterocycles. The van der Waals surface area contributed by atoms with E-state index in [2.05, 4.69) is 5.92 Å². The van der Waals surface area contributed by atoms with E-state index in [9.17, 15) is 9.50 Å². The fraction of sp³-hybridized carbons (Fsp3) is 0.273. The number of ether oxygens (including phenoxy) is 1. The van der Waals surface area contributed by atoms with E-state index < -0.39 is 11.9 Å². The minimum Gasteiger partial charge on any atom is -0.478 e. The minimum absolute atomic E-state index is 0.0327. The van der Waals surface area contributed by atoms with Crippen molar-refractivity contribution in [3.05, 3.63) is 29.6 Å². The summed E-state index contributed by atoms with van der Waals surface area (Å²) >= 11 is 0. The van der Waals surface area contributed by atoms with Crippen molar-refractivity contribution < 1.29 is 14.2 Å². The smallest absolute Gasteiger partial charge is 0.165 e. The third kappa shape index (κ3) is 2.48. The summed E-state index contributed by atoms with van der Waals surface area (Å²) in [6, 6.07) is 4.28. The van der Waals surface area contributed by atoms with Gasteiger partial charge in [0.25, 0.3) is 0 Å². The lowest BCUT2D eigenvalue weighted by atomic mass is 10.1. The van der Waals surface area contributed by atoms with Crippen LogP contribution in [0.5, 0.6) is 5.75 Å². The molecular weight excluding hydrogens is 183 g/mol. The average molecular weight is 194 g/mol. The molecular formula is C11H11FO2. The van der Waals surface area contributed by atoms with Gasteiger partial charge in [-0.3, -0.25) is 0 Å². The Hall–Kier alpha value is -1.53. The lowest BCUT2D eigenvalue weighted by molar-refractivity contribution is 0.198. The van der Waals surface area contributed by atoms with Crippen LogP contribution in [-0.2, 0) is 0 Å². The Morgan fingerprint density at radius 3 is 2.86 bits per heavy atom. The van der Waals surface area contributed by atoms with Crippen LogP contribution in [0.25, 0.3) is 0 Å². The Morgan fingerprint density at radius 1 is 1.64 bits per heavy atom. The second-order valence-corrected chi connectivity index (χ2v) is 2.86. The molecule has 0 aliphatic carbocycles. The molecule has 0 aliphatic rings. The Labute approximate surface area is 82.3 Å². The summed E-state index contributed by atoms with van der Waals surface area (Å²) < 4.78 is 18.2. The van der Waals surface area contributed by atoms with Crippen molar-refractivity contribution in [1.29, 1.82) is 0 Å².